The fraction of sp³-hybridized carbons (Fsp3) is 0.333. The molecule has 204 valence electrons. The summed E-state index contributed by atoms with van der Waals surface area (Å²) < 4.78 is 38.0. The SMILES string of the molecule is CC1(C)OB(c2ccc(CC(NC(=O)OCc3ccccc3)C(=O)OCc3ccccc3)c(F)c2)OC1(C)C. The molecule has 1 amide bonds. The second kappa shape index (κ2) is 12.0. The molecular weight excluding hydrogens is 500 g/mol. The molecule has 1 saturated heterocycles. The summed E-state index contributed by atoms with van der Waals surface area (Å²) >= 11 is 0. The Bertz CT molecular complexity index is 1270. The van der Waals surface area contributed by atoms with Gasteiger partial charge in [-0.15, -0.1) is 0 Å². The van der Waals surface area contributed by atoms with Crippen LogP contribution in [0.25, 0.3) is 0 Å². The molecule has 9 heteroatoms. The summed E-state index contributed by atoms with van der Waals surface area (Å²) in [4.78, 5) is 25.6. The van der Waals surface area contributed by atoms with Gasteiger partial charge in [0.1, 0.15) is 25.1 Å². The van der Waals surface area contributed by atoms with Crippen molar-refractivity contribution in [2.75, 3.05) is 0 Å². The normalized spacial score (nSPS) is 16.4. The number of halogens is 1. The molecule has 7 nitrogen and oxygen atoms in total. The van der Waals surface area contributed by atoms with Crippen LogP contribution in [0.2, 0.25) is 0 Å². The maximum absolute atomic E-state index is 15.3. The molecule has 0 spiro atoms. The van der Waals surface area contributed by atoms with Crippen LogP contribution in [0.5, 0.6) is 0 Å². The molecule has 1 atom stereocenters. The van der Waals surface area contributed by atoms with Crippen molar-refractivity contribution in [2.45, 2.75) is 64.6 Å². The average molecular weight is 533 g/mol. The van der Waals surface area contributed by atoms with Crippen molar-refractivity contribution < 1.29 is 32.8 Å². The summed E-state index contributed by atoms with van der Waals surface area (Å²) in [7, 11) is -0.726. The largest absolute Gasteiger partial charge is 0.494 e. The Hall–Kier alpha value is -3.69. The van der Waals surface area contributed by atoms with Crippen LogP contribution in [0.4, 0.5) is 9.18 Å². The van der Waals surface area contributed by atoms with E-state index in [1.807, 2.05) is 88.4 Å². The molecule has 1 aliphatic heterocycles. The number of carbonyl (C=O) groups excluding carboxylic acids is 2. The van der Waals surface area contributed by atoms with Crippen LogP contribution in [0.1, 0.15) is 44.4 Å². The Morgan fingerprint density at radius 2 is 1.38 bits per heavy atom. The number of nitrogens with one attached hydrogen (secondary N) is 1. The molecule has 1 unspecified atom stereocenters. The molecule has 1 N–H and O–H groups in total. The number of benzene rings is 3. The maximum Gasteiger partial charge on any atom is 0.494 e. The van der Waals surface area contributed by atoms with Gasteiger partial charge in [-0.2, -0.15) is 0 Å². The quantitative estimate of drug-likeness (QED) is 0.317. The van der Waals surface area contributed by atoms with Crippen molar-refractivity contribution >= 4 is 24.6 Å². The number of carbonyl (C=O) groups is 2. The van der Waals surface area contributed by atoms with Gasteiger partial charge in [0.2, 0.25) is 0 Å². The Kier molecular flexibility index (Phi) is 8.72. The first-order chi connectivity index (χ1) is 18.5. The van der Waals surface area contributed by atoms with Gasteiger partial charge in [0.05, 0.1) is 11.2 Å². The van der Waals surface area contributed by atoms with Crippen molar-refractivity contribution in [3.63, 3.8) is 0 Å². The van der Waals surface area contributed by atoms with Crippen LogP contribution in [-0.2, 0) is 43.2 Å². The number of hydrogen-bond acceptors (Lipinski definition) is 6. The Balaban J connectivity index is 1.46. The van der Waals surface area contributed by atoms with Gasteiger partial charge in [0.25, 0.3) is 0 Å². The van der Waals surface area contributed by atoms with E-state index in [0.717, 1.165) is 11.1 Å². The van der Waals surface area contributed by atoms with Gasteiger partial charge in [-0.3, -0.25) is 0 Å². The molecular formula is C30H33BFNO6. The first-order valence-electron chi connectivity index (χ1n) is 12.9. The zero-order valence-electron chi connectivity index (χ0n) is 22.6. The minimum Gasteiger partial charge on any atom is -0.459 e. The lowest BCUT2D eigenvalue weighted by Crippen LogP contribution is -2.44. The van der Waals surface area contributed by atoms with Gasteiger partial charge in [0.15, 0.2) is 0 Å². The summed E-state index contributed by atoms with van der Waals surface area (Å²) in [6, 6.07) is 21.7. The molecule has 0 aromatic heterocycles. The Morgan fingerprint density at radius 1 is 0.846 bits per heavy atom. The van der Waals surface area contributed by atoms with Crippen molar-refractivity contribution in [1.82, 2.24) is 5.32 Å². The molecule has 0 aliphatic carbocycles. The zero-order chi connectivity index (χ0) is 28.0. The van der Waals surface area contributed by atoms with Crippen LogP contribution < -0.4 is 10.8 Å². The van der Waals surface area contributed by atoms with Crippen molar-refractivity contribution in [3.8, 4) is 0 Å². The van der Waals surface area contributed by atoms with Gasteiger partial charge in [-0.1, -0.05) is 72.8 Å². The molecule has 4 rings (SSSR count). The maximum atomic E-state index is 15.3. The standard InChI is InChI=1S/C30H33BFNO6/c1-29(2)30(3,4)39-31(38-29)24-16-15-23(25(32)18-24)17-26(27(34)36-19-21-11-7-5-8-12-21)33-28(35)37-20-22-13-9-6-10-14-22/h5-16,18,26H,17,19-20H2,1-4H3,(H,33,35). The predicted molar refractivity (Wildman–Crippen MR) is 146 cm³/mol. The highest BCUT2D eigenvalue weighted by atomic mass is 19.1. The van der Waals surface area contributed by atoms with E-state index in [-0.39, 0.29) is 25.2 Å². The molecule has 39 heavy (non-hydrogen) atoms. The van der Waals surface area contributed by atoms with Crippen LogP contribution >= 0.6 is 0 Å². The highest BCUT2D eigenvalue weighted by molar-refractivity contribution is 6.62. The minimum atomic E-state index is -1.17. The highest BCUT2D eigenvalue weighted by Crippen LogP contribution is 2.36. The van der Waals surface area contributed by atoms with Gasteiger partial charge in [-0.25, -0.2) is 14.0 Å². The number of alkyl carbamates (subject to hydrolysis) is 1. The molecule has 3 aromatic rings. The summed E-state index contributed by atoms with van der Waals surface area (Å²) in [5, 5.41) is 2.54. The van der Waals surface area contributed by atoms with Gasteiger partial charge >= 0.3 is 19.2 Å². The third-order valence-corrected chi connectivity index (χ3v) is 7.04. The van der Waals surface area contributed by atoms with E-state index in [0.29, 0.717) is 5.46 Å². The smallest absolute Gasteiger partial charge is 0.459 e. The first-order valence-corrected chi connectivity index (χ1v) is 12.9. The minimum absolute atomic E-state index is 0.0142. The third-order valence-electron chi connectivity index (χ3n) is 7.04. The summed E-state index contributed by atoms with van der Waals surface area (Å²) in [6.45, 7) is 7.73. The summed E-state index contributed by atoms with van der Waals surface area (Å²) in [6.07, 6.45) is -0.946. The number of ether oxygens (including phenoxy) is 2. The number of hydrogen-bond donors (Lipinski definition) is 1. The Morgan fingerprint density at radius 3 is 1.92 bits per heavy atom. The Labute approximate surface area is 228 Å². The number of amides is 1. The van der Waals surface area contributed by atoms with Crippen LogP contribution in [0, 0.1) is 5.82 Å². The molecule has 1 fully saturated rings. The van der Waals surface area contributed by atoms with E-state index in [4.69, 9.17) is 18.8 Å². The van der Waals surface area contributed by atoms with E-state index < -0.39 is 42.2 Å². The van der Waals surface area contributed by atoms with E-state index in [9.17, 15) is 9.59 Å². The summed E-state index contributed by atoms with van der Waals surface area (Å²) in [5.74, 6) is -1.26. The van der Waals surface area contributed by atoms with E-state index >= 15 is 4.39 Å². The number of rotatable bonds is 9. The molecule has 3 aromatic carbocycles. The molecule has 0 saturated carbocycles. The lowest BCUT2D eigenvalue weighted by atomic mass is 9.78. The van der Waals surface area contributed by atoms with Crippen LogP contribution in [0.15, 0.2) is 78.9 Å². The monoisotopic (exact) mass is 533 g/mol. The van der Waals surface area contributed by atoms with Gasteiger partial charge in [0, 0.05) is 6.42 Å². The number of esters is 1. The van der Waals surface area contributed by atoms with E-state index in [2.05, 4.69) is 5.32 Å². The lowest BCUT2D eigenvalue weighted by molar-refractivity contribution is -0.147. The van der Waals surface area contributed by atoms with Gasteiger partial charge < -0.3 is 24.1 Å². The zero-order valence-corrected chi connectivity index (χ0v) is 22.6. The van der Waals surface area contributed by atoms with E-state index in [1.54, 1.807) is 12.1 Å². The molecule has 1 heterocycles. The van der Waals surface area contributed by atoms with Gasteiger partial charge in [-0.05, 0) is 55.9 Å². The highest BCUT2D eigenvalue weighted by Gasteiger charge is 2.51. The fourth-order valence-electron chi connectivity index (χ4n) is 4.00. The summed E-state index contributed by atoms with van der Waals surface area (Å²) in [5.41, 5.74) is 1.19. The molecule has 0 radical (unpaired) electrons. The molecule has 1 aliphatic rings. The second-order valence-electron chi connectivity index (χ2n) is 10.5. The third kappa shape index (κ3) is 7.25. The van der Waals surface area contributed by atoms with Crippen molar-refractivity contribution in [2.24, 2.45) is 0 Å². The average Bonchev–Trinajstić information content (AvgIpc) is 3.14. The molecule has 0 bridgehead atoms. The van der Waals surface area contributed by atoms with Crippen molar-refractivity contribution in [3.05, 3.63) is 101 Å². The predicted octanol–water partition coefficient (Wildman–Crippen LogP) is 4.71. The topological polar surface area (TPSA) is 83.1 Å². The van der Waals surface area contributed by atoms with Crippen molar-refractivity contribution in [1.29, 1.82) is 0 Å². The van der Waals surface area contributed by atoms with Crippen LogP contribution in [0.3, 0.4) is 0 Å². The second-order valence-corrected chi connectivity index (χ2v) is 10.5. The van der Waals surface area contributed by atoms with Crippen LogP contribution in [-0.4, -0.2) is 36.4 Å². The fourth-order valence-corrected chi connectivity index (χ4v) is 4.00. The lowest BCUT2D eigenvalue weighted by Gasteiger charge is -2.32. The first kappa shape index (κ1) is 28.3. The van der Waals surface area contributed by atoms with E-state index in [1.165, 1.54) is 6.07 Å².